The third-order valence-corrected chi connectivity index (χ3v) is 4.75. The minimum absolute atomic E-state index is 0.0505. The fraction of sp³-hybridized carbons (Fsp3) is 0.238. The van der Waals surface area contributed by atoms with Gasteiger partial charge in [-0.1, -0.05) is 11.6 Å². The van der Waals surface area contributed by atoms with Gasteiger partial charge >= 0.3 is 0 Å². The highest BCUT2D eigenvalue weighted by Gasteiger charge is 2.20. The first-order valence-electron chi connectivity index (χ1n) is 9.20. The Kier molecular flexibility index (Phi) is 4.75. The molecule has 0 bridgehead atoms. The van der Waals surface area contributed by atoms with Gasteiger partial charge in [0.05, 0.1) is 16.8 Å². The molecule has 146 valence electrons. The summed E-state index contributed by atoms with van der Waals surface area (Å²) in [5.74, 6) is 0.573. The molecule has 0 N–H and O–H groups in total. The van der Waals surface area contributed by atoms with Crippen molar-refractivity contribution in [3.8, 4) is 11.3 Å². The lowest BCUT2D eigenvalue weighted by Gasteiger charge is -2.17. The van der Waals surface area contributed by atoms with E-state index in [1.165, 1.54) is 6.33 Å². The number of rotatable bonds is 4. The number of pyridine rings is 1. The van der Waals surface area contributed by atoms with E-state index in [0.717, 1.165) is 27.6 Å². The second kappa shape index (κ2) is 7.38. The van der Waals surface area contributed by atoms with Crippen LogP contribution in [0.15, 0.2) is 43.2 Å². The number of amides is 1. The summed E-state index contributed by atoms with van der Waals surface area (Å²) in [5, 5.41) is 4.92. The number of aromatic nitrogens is 6. The van der Waals surface area contributed by atoms with Crippen molar-refractivity contribution < 1.29 is 4.79 Å². The Labute approximate surface area is 168 Å². The van der Waals surface area contributed by atoms with Gasteiger partial charge in [0, 0.05) is 37.4 Å². The number of hydrogen-bond acceptors (Lipinski definition) is 6. The fourth-order valence-corrected chi connectivity index (χ4v) is 3.27. The second-order valence-corrected chi connectivity index (χ2v) is 7.16. The van der Waals surface area contributed by atoms with Crippen LogP contribution in [0.3, 0.4) is 0 Å². The van der Waals surface area contributed by atoms with Gasteiger partial charge in [0.1, 0.15) is 25.0 Å². The quantitative estimate of drug-likeness (QED) is 0.535. The lowest BCUT2D eigenvalue weighted by atomic mass is 9.97. The smallest absolute Gasteiger partial charge is 0.254 e. The largest absolute Gasteiger partial charge is 0.345 e. The van der Waals surface area contributed by atoms with Gasteiger partial charge in [0.2, 0.25) is 0 Å². The number of aryl methyl sites for hydroxylation is 1. The topological polar surface area (TPSA) is 89.7 Å². The Morgan fingerprint density at radius 1 is 1.14 bits per heavy atom. The van der Waals surface area contributed by atoms with Gasteiger partial charge in [-0.15, -0.1) is 0 Å². The van der Waals surface area contributed by atoms with Crippen LogP contribution in [0, 0.1) is 13.8 Å². The molecule has 0 radical (unpaired) electrons. The Balaban J connectivity index is 1.82. The van der Waals surface area contributed by atoms with Crippen molar-refractivity contribution in [2.75, 3.05) is 14.1 Å². The van der Waals surface area contributed by atoms with E-state index >= 15 is 0 Å². The van der Waals surface area contributed by atoms with Crippen LogP contribution in [0.25, 0.3) is 22.2 Å². The molecule has 4 aromatic rings. The van der Waals surface area contributed by atoms with Gasteiger partial charge in [0.15, 0.2) is 0 Å². The average Bonchev–Trinajstić information content (AvgIpc) is 3.21. The van der Waals surface area contributed by atoms with Gasteiger partial charge in [-0.2, -0.15) is 5.10 Å². The number of nitrogens with zero attached hydrogens (tertiary/aromatic N) is 7. The standard InChI is InChI=1S/C21H21N7O/c1-13-5-6-17-16(7-13)19(21(29)27(3)4)14(2)20(26-17)15-8-23-18(24-9-15)10-28-12-22-11-25-28/h5-9,11-12H,10H2,1-4H3. The zero-order valence-electron chi connectivity index (χ0n) is 16.8. The van der Waals surface area contributed by atoms with E-state index in [0.29, 0.717) is 23.6 Å². The lowest BCUT2D eigenvalue weighted by Crippen LogP contribution is -2.23. The van der Waals surface area contributed by atoms with E-state index < -0.39 is 0 Å². The Hall–Kier alpha value is -3.68. The molecular formula is C21H21N7O. The van der Waals surface area contributed by atoms with Crippen molar-refractivity contribution in [1.29, 1.82) is 0 Å². The zero-order valence-corrected chi connectivity index (χ0v) is 16.8. The number of fused-ring (bicyclic) bond motifs is 1. The van der Waals surface area contributed by atoms with Crippen LogP contribution in [0.2, 0.25) is 0 Å². The third kappa shape index (κ3) is 3.56. The fourth-order valence-electron chi connectivity index (χ4n) is 3.27. The van der Waals surface area contributed by atoms with Gasteiger partial charge < -0.3 is 4.90 Å². The summed E-state index contributed by atoms with van der Waals surface area (Å²) in [7, 11) is 3.51. The van der Waals surface area contributed by atoms with Gasteiger partial charge in [0.25, 0.3) is 5.91 Å². The Morgan fingerprint density at radius 2 is 1.90 bits per heavy atom. The highest BCUT2D eigenvalue weighted by atomic mass is 16.2. The van der Waals surface area contributed by atoms with Crippen LogP contribution >= 0.6 is 0 Å². The highest BCUT2D eigenvalue weighted by Crippen LogP contribution is 2.30. The predicted molar refractivity (Wildman–Crippen MR) is 109 cm³/mol. The van der Waals surface area contributed by atoms with E-state index in [4.69, 9.17) is 4.98 Å². The molecule has 3 aromatic heterocycles. The molecule has 3 heterocycles. The lowest BCUT2D eigenvalue weighted by molar-refractivity contribution is 0.0829. The maximum absolute atomic E-state index is 13.0. The summed E-state index contributed by atoms with van der Waals surface area (Å²) in [4.78, 5) is 32.2. The third-order valence-electron chi connectivity index (χ3n) is 4.75. The van der Waals surface area contributed by atoms with Crippen LogP contribution in [-0.2, 0) is 6.54 Å². The molecule has 1 amide bonds. The molecule has 0 spiro atoms. The van der Waals surface area contributed by atoms with Crippen LogP contribution in [0.1, 0.15) is 27.3 Å². The minimum Gasteiger partial charge on any atom is -0.345 e. The van der Waals surface area contributed by atoms with E-state index in [1.54, 1.807) is 42.4 Å². The van der Waals surface area contributed by atoms with Crippen molar-refractivity contribution >= 4 is 16.8 Å². The molecule has 29 heavy (non-hydrogen) atoms. The van der Waals surface area contributed by atoms with E-state index in [1.807, 2.05) is 32.0 Å². The monoisotopic (exact) mass is 387 g/mol. The maximum atomic E-state index is 13.0. The molecule has 0 unspecified atom stereocenters. The molecule has 0 fully saturated rings. The van der Waals surface area contributed by atoms with E-state index in [2.05, 4.69) is 20.1 Å². The molecular weight excluding hydrogens is 366 g/mol. The van der Waals surface area contributed by atoms with E-state index in [9.17, 15) is 4.79 Å². The summed E-state index contributed by atoms with van der Waals surface area (Å²) in [6, 6.07) is 5.95. The second-order valence-electron chi connectivity index (χ2n) is 7.16. The van der Waals surface area contributed by atoms with Crippen molar-refractivity contribution in [3.63, 3.8) is 0 Å². The molecule has 0 saturated heterocycles. The summed E-state index contributed by atoms with van der Waals surface area (Å²) in [6.45, 7) is 4.37. The number of carbonyl (C=O) groups is 1. The summed E-state index contributed by atoms with van der Waals surface area (Å²) in [6.07, 6.45) is 6.56. The molecule has 1 aromatic carbocycles. The van der Waals surface area contributed by atoms with Crippen LogP contribution in [0.4, 0.5) is 0 Å². The SMILES string of the molecule is Cc1ccc2nc(-c3cnc(Cn4cncn4)nc3)c(C)c(C(=O)N(C)C)c2c1. The summed E-state index contributed by atoms with van der Waals surface area (Å²) < 4.78 is 1.66. The molecule has 8 nitrogen and oxygen atoms in total. The molecule has 8 heteroatoms. The predicted octanol–water partition coefficient (Wildman–Crippen LogP) is 2.65. The summed E-state index contributed by atoms with van der Waals surface area (Å²) in [5.41, 5.74) is 4.80. The van der Waals surface area contributed by atoms with Crippen LogP contribution < -0.4 is 0 Å². The van der Waals surface area contributed by atoms with Gasteiger partial charge in [-0.3, -0.25) is 4.79 Å². The van der Waals surface area contributed by atoms with Gasteiger partial charge in [-0.25, -0.2) is 24.6 Å². The zero-order chi connectivity index (χ0) is 20.5. The first-order valence-corrected chi connectivity index (χ1v) is 9.20. The van der Waals surface area contributed by atoms with Crippen molar-refractivity contribution in [1.82, 2.24) is 34.6 Å². The molecule has 0 aliphatic rings. The van der Waals surface area contributed by atoms with Crippen molar-refractivity contribution in [2.24, 2.45) is 0 Å². The molecule has 0 atom stereocenters. The first kappa shape index (κ1) is 18.7. The normalized spacial score (nSPS) is 11.0. The number of hydrogen-bond donors (Lipinski definition) is 0. The Morgan fingerprint density at radius 3 is 2.55 bits per heavy atom. The van der Waals surface area contributed by atoms with Crippen molar-refractivity contribution in [3.05, 3.63) is 65.8 Å². The van der Waals surface area contributed by atoms with E-state index in [-0.39, 0.29) is 5.91 Å². The maximum Gasteiger partial charge on any atom is 0.254 e. The molecule has 4 rings (SSSR count). The molecule has 0 aliphatic heterocycles. The Bertz CT molecular complexity index is 1180. The number of benzene rings is 1. The number of carbonyl (C=O) groups excluding carboxylic acids is 1. The van der Waals surface area contributed by atoms with Gasteiger partial charge in [-0.05, 0) is 31.5 Å². The van der Waals surface area contributed by atoms with Crippen LogP contribution in [0.5, 0.6) is 0 Å². The molecule has 0 saturated carbocycles. The van der Waals surface area contributed by atoms with Crippen LogP contribution in [-0.4, -0.2) is 54.6 Å². The average molecular weight is 387 g/mol. The molecule has 0 aliphatic carbocycles. The highest BCUT2D eigenvalue weighted by molar-refractivity contribution is 6.08. The van der Waals surface area contributed by atoms with Crippen molar-refractivity contribution in [2.45, 2.75) is 20.4 Å². The summed E-state index contributed by atoms with van der Waals surface area (Å²) >= 11 is 0. The minimum atomic E-state index is -0.0505. The first-order chi connectivity index (χ1) is 13.9.